The van der Waals surface area contributed by atoms with Crippen molar-refractivity contribution in [2.24, 2.45) is 16.8 Å². The zero-order chi connectivity index (χ0) is 8.89. The molecule has 0 aromatic carbocycles. The van der Waals surface area contributed by atoms with Gasteiger partial charge in [0.1, 0.15) is 0 Å². The van der Waals surface area contributed by atoms with Crippen LogP contribution in [0.1, 0.15) is 38.5 Å². The van der Waals surface area contributed by atoms with Crippen molar-refractivity contribution in [3.63, 3.8) is 0 Å². The molecule has 2 saturated carbocycles. The molecular formula is C11H17NO. The zero-order valence-corrected chi connectivity index (χ0v) is 8.00. The topological polar surface area (TPSA) is 32.6 Å². The van der Waals surface area contributed by atoms with Gasteiger partial charge in [-0.15, -0.1) is 0 Å². The third kappa shape index (κ3) is 1.08. The molecule has 0 radical (unpaired) electrons. The summed E-state index contributed by atoms with van der Waals surface area (Å²) in [7, 11) is 0. The summed E-state index contributed by atoms with van der Waals surface area (Å²) in [5.74, 6) is 1.18. The second-order valence-electron chi connectivity index (χ2n) is 4.98. The Bertz CT molecular complexity index is 261. The summed E-state index contributed by atoms with van der Waals surface area (Å²) in [6.07, 6.45) is 6.86. The average Bonchev–Trinajstić information content (AvgIpc) is 2.44. The van der Waals surface area contributed by atoms with Gasteiger partial charge in [-0.1, -0.05) is 0 Å². The quantitative estimate of drug-likeness (QED) is 0.604. The molecule has 0 aromatic rings. The van der Waals surface area contributed by atoms with Gasteiger partial charge in [0.15, 0.2) is 0 Å². The van der Waals surface area contributed by atoms with Crippen molar-refractivity contribution in [1.29, 1.82) is 0 Å². The largest absolute Gasteiger partial charge is 0.389 e. The van der Waals surface area contributed by atoms with Crippen molar-refractivity contribution in [2.75, 3.05) is 6.54 Å². The molecule has 2 heteroatoms. The van der Waals surface area contributed by atoms with E-state index >= 15 is 0 Å². The molecule has 72 valence electrons. The number of aliphatic imine (C=N–C) groups is 1. The third-order valence-electron chi connectivity index (χ3n) is 4.14. The van der Waals surface area contributed by atoms with Gasteiger partial charge in [0.2, 0.25) is 0 Å². The van der Waals surface area contributed by atoms with Gasteiger partial charge < -0.3 is 5.11 Å². The van der Waals surface area contributed by atoms with Crippen molar-refractivity contribution < 1.29 is 5.11 Å². The molecule has 0 amide bonds. The third-order valence-corrected chi connectivity index (χ3v) is 4.14. The summed E-state index contributed by atoms with van der Waals surface area (Å²) < 4.78 is 0. The van der Waals surface area contributed by atoms with Gasteiger partial charge in [-0.2, -0.15) is 0 Å². The maximum absolute atomic E-state index is 10.4. The summed E-state index contributed by atoms with van der Waals surface area (Å²) >= 11 is 0. The fourth-order valence-electron chi connectivity index (χ4n) is 3.53. The van der Waals surface area contributed by atoms with Gasteiger partial charge in [0.25, 0.3) is 0 Å². The second-order valence-corrected chi connectivity index (χ2v) is 4.98. The lowest BCUT2D eigenvalue weighted by Gasteiger charge is -2.39. The highest BCUT2D eigenvalue weighted by Gasteiger charge is 2.50. The maximum atomic E-state index is 10.4. The lowest BCUT2D eigenvalue weighted by Crippen LogP contribution is -2.45. The number of fused-ring (bicyclic) bond motifs is 4. The first-order valence-electron chi connectivity index (χ1n) is 5.53. The Balaban J connectivity index is 1.98. The highest BCUT2D eigenvalue weighted by atomic mass is 16.3. The van der Waals surface area contributed by atoms with Gasteiger partial charge in [0, 0.05) is 18.2 Å². The minimum Gasteiger partial charge on any atom is -0.389 e. The van der Waals surface area contributed by atoms with E-state index in [1.165, 1.54) is 31.4 Å². The summed E-state index contributed by atoms with van der Waals surface area (Å²) in [5.41, 5.74) is 1.00. The summed E-state index contributed by atoms with van der Waals surface area (Å²) in [6, 6.07) is 0. The van der Waals surface area contributed by atoms with Gasteiger partial charge in [-0.25, -0.2) is 0 Å². The number of nitrogens with zero attached hydrogens (tertiary/aromatic N) is 1. The van der Waals surface area contributed by atoms with E-state index in [4.69, 9.17) is 0 Å². The minimum absolute atomic E-state index is 0.345. The van der Waals surface area contributed by atoms with E-state index < -0.39 is 0 Å². The Hall–Kier alpha value is -0.370. The Kier molecular flexibility index (Phi) is 1.58. The monoisotopic (exact) mass is 179 g/mol. The molecule has 1 N–H and O–H groups in total. The first-order chi connectivity index (χ1) is 6.28. The van der Waals surface area contributed by atoms with Crippen LogP contribution in [0.4, 0.5) is 0 Å². The highest BCUT2D eigenvalue weighted by Crippen LogP contribution is 2.49. The van der Waals surface area contributed by atoms with Crippen LogP contribution in [0.15, 0.2) is 4.99 Å². The molecule has 13 heavy (non-hydrogen) atoms. The van der Waals surface area contributed by atoms with Crippen LogP contribution in [0.2, 0.25) is 0 Å². The molecule has 2 bridgehead atoms. The predicted octanol–water partition coefficient (Wildman–Crippen LogP) is 1.77. The van der Waals surface area contributed by atoms with Crippen molar-refractivity contribution in [1.82, 2.24) is 0 Å². The molecule has 1 aliphatic heterocycles. The lowest BCUT2D eigenvalue weighted by molar-refractivity contribution is -0.00176. The van der Waals surface area contributed by atoms with Crippen molar-refractivity contribution in [3.8, 4) is 0 Å². The van der Waals surface area contributed by atoms with Crippen molar-refractivity contribution in [2.45, 2.75) is 44.1 Å². The van der Waals surface area contributed by atoms with E-state index in [2.05, 4.69) is 4.99 Å². The van der Waals surface area contributed by atoms with Gasteiger partial charge >= 0.3 is 0 Å². The van der Waals surface area contributed by atoms with Crippen molar-refractivity contribution >= 4 is 5.71 Å². The van der Waals surface area contributed by atoms with E-state index in [1.54, 1.807) is 0 Å². The lowest BCUT2D eigenvalue weighted by atomic mass is 9.72. The SMILES string of the molecule is O[C@]12CC[C@H](CC3=NCCC[C@@H]31)C2. The van der Waals surface area contributed by atoms with Gasteiger partial charge in [-0.3, -0.25) is 4.99 Å². The normalized spacial score (nSPS) is 48.5. The number of aliphatic hydroxyl groups is 1. The molecule has 2 aliphatic carbocycles. The Morgan fingerprint density at radius 1 is 1.38 bits per heavy atom. The Morgan fingerprint density at radius 2 is 2.31 bits per heavy atom. The summed E-state index contributed by atoms with van der Waals surface area (Å²) in [4.78, 5) is 4.59. The first-order valence-corrected chi connectivity index (χ1v) is 5.53. The van der Waals surface area contributed by atoms with Crippen molar-refractivity contribution in [3.05, 3.63) is 0 Å². The molecule has 0 spiro atoms. The smallest absolute Gasteiger partial charge is 0.0730 e. The first kappa shape index (κ1) is 7.98. The Labute approximate surface area is 79.1 Å². The predicted molar refractivity (Wildman–Crippen MR) is 51.9 cm³/mol. The second kappa shape index (κ2) is 2.57. The fraction of sp³-hybridized carbons (Fsp3) is 0.909. The molecular weight excluding hydrogens is 162 g/mol. The zero-order valence-electron chi connectivity index (χ0n) is 8.00. The Morgan fingerprint density at radius 3 is 3.23 bits per heavy atom. The summed E-state index contributed by atoms with van der Waals surface area (Å²) in [5, 5.41) is 10.4. The maximum Gasteiger partial charge on any atom is 0.0730 e. The molecule has 0 unspecified atom stereocenters. The van der Waals surface area contributed by atoms with E-state index in [9.17, 15) is 5.11 Å². The number of hydrogen-bond donors (Lipinski definition) is 1. The summed E-state index contributed by atoms with van der Waals surface area (Å²) in [6.45, 7) is 1.01. The molecule has 3 rings (SSSR count). The number of hydrogen-bond acceptors (Lipinski definition) is 2. The molecule has 0 saturated heterocycles. The van der Waals surface area contributed by atoms with Crippen LogP contribution in [-0.2, 0) is 0 Å². The molecule has 3 aliphatic rings. The van der Waals surface area contributed by atoms with E-state index in [-0.39, 0.29) is 5.60 Å². The van der Waals surface area contributed by atoms with E-state index in [0.717, 1.165) is 25.3 Å². The number of rotatable bonds is 0. The molecule has 1 heterocycles. The molecule has 2 fully saturated rings. The van der Waals surface area contributed by atoms with E-state index in [0.29, 0.717) is 5.92 Å². The van der Waals surface area contributed by atoms with Crippen LogP contribution in [0.5, 0.6) is 0 Å². The van der Waals surface area contributed by atoms with Gasteiger partial charge in [0.05, 0.1) is 5.60 Å². The minimum atomic E-state index is -0.345. The van der Waals surface area contributed by atoms with Crippen LogP contribution in [-0.4, -0.2) is 23.0 Å². The van der Waals surface area contributed by atoms with E-state index in [1.807, 2.05) is 0 Å². The average molecular weight is 179 g/mol. The van der Waals surface area contributed by atoms with Crippen LogP contribution in [0.25, 0.3) is 0 Å². The van der Waals surface area contributed by atoms with Crippen LogP contribution < -0.4 is 0 Å². The molecule has 3 atom stereocenters. The molecule has 0 aromatic heterocycles. The van der Waals surface area contributed by atoms with Crippen LogP contribution in [0.3, 0.4) is 0 Å². The van der Waals surface area contributed by atoms with Gasteiger partial charge in [-0.05, 0) is 44.4 Å². The highest BCUT2D eigenvalue weighted by molar-refractivity contribution is 5.89. The standard InChI is InChI=1S/C11H17NO/c13-11-4-3-8(7-11)6-10-9(11)2-1-5-12-10/h8-9,13H,1-7H2/t8-,9+,11+/m1/s1. The molecule has 2 nitrogen and oxygen atoms in total. The van der Waals surface area contributed by atoms with Crippen LogP contribution in [0, 0.1) is 11.8 Å². The fourth-order valence-corrected chi connectivity index (χ4v) is 3.53. The van der Waals surface area contributed by atoms with Crippen LogP contribution >= 0.6 is 0 Å².